The number of hydrogen-bond acceptors (Lipinski definition) is 4. The number of amides is 1. The van der Waals surface area contributed by atoms with Gasteiger partial charge in [-0.15, -0.1) is 0 Å². The molecule has 0 heterocycles. The van der Waals surface area contributed by atoms with E-state index in [0.29, 0.717) is 11.3 Å². The van der Waals surface area contributed by atoms with E-state index in [1.165, 1.54) is 30.3 Å². The molecule has 1 amide bonds. The minimum absolute atomic E-state index is 0.0793. The van der Waals surface area contributed by atoms with Gasteiger partial charge in [-0.25, -0.2) is 4.39 Å². The highest BCUT2D eigenvalue weighted by atomic mass is 35.5. The Hall–Kier alpha value is -2.22. The molecule has 0 spiro atoms. The Kier molecular flexibility index (Phi) is 6.30. The Labute approximate surface area is 153 Å². The van der Waals surface area contributed by atoms with E-state index in [1.54, 1.807) is 13.0 Å². The summed E-state index contributed by atoms with van der Waals surface area (Å²) in [5.74, 6) is -1.01. The average Bonchev–Trinajstić information content (AvgIpc) is 2.56. The number of halogens is 3. The Morgan fingerprint density at radius 3 is 2.68 bits per heavy atom. The monoisotopic (exact) mass is 385 g/mol. The molecular formula is C16H14Cl2FN3O3. The molecule has 2 aromatic carbocycles. The number of nitrogens with zero attached hydrogens (tertiary/aromatic N) is 1. The van der Waals surface area contributed by atoms with Crippen LogP contribution in [0.4, 0.5) is 15.8 Å². The fourth-order valence-electron chi connectivity index (χ4n) is 2.13. The largest absolute Gasteiger partial charge is 0.325 e. The van der Waals surface area contributed by atoms with Crippen LogP contribution >= 0.6 is 23.2 Å². The molecule has 0 aromatic heterocycles. The molecule has 2 N–H and O–H groups in total. The molecule has 25 heavy (non-hydrogen) atoms. The number of carbonyl (C=O) groups is 1. The normalized spacial score (nSPS) is 11.8. The number of nitro benzene ring substituents is 1. The van der Waals surface area contributed by atoms with Crippen molar-refractivity contribution in [2.45, 2.75) is 13.0 Å². The summed E-state index contributed by atoms with van der Waals surface area (Å²) in [7, 11) is 0. The summed E-state index contributed by atoms with van der Waals surface area (Å²) in [4.78, 5) is 22.1. The zero-order valence-corrected chi connectivity index (χ0v) is 14.6. The van der Waals surface area contributed by atoms with Gasteiger partial charge in [-0.2, -0.15) is 0 Å². The first kappa shape index (κ1) is 19.1. The van der Waals surface area contributed by atoms with Crippen LogP contribution in [0, 0.1) is 15.9 Å². The van der Waals surface area contributed by atoms with Crippen molar-refractivity contribution in [1.29, 1.82) is 0 Å². The minimum atomic E-state index is -0.601. The van der Waals surface area contributed by atoms with Gasteiger partial charge >= 0.3 is 0 Å². The van der Waals surface area contributed by atoms with Gasteiger partial charge in [0.2, 0.25) is 5.91 Å². The van der Waals surface area contributed by atoms with Crippen LogP contribution < -0.4 is 10.6 Å². The number of nitrogens with one attached hydrogen (secondary N) is 2. The quantitative estimate of drug-likeness (QED) is 0.440. The third-order valence-corrected chi connectivity index (χ3v) is 4.03. The van der Waals surface area contributed by atoms with Gasteiger partial charge in [-0.05, 0) is 30.7 Å². The van der Waals surface area contributed by atoms with E-state index in [9.17, 15) is 19.3 Å². The lowest BCUT2D eigenvalue weighted by Gasteiger charge is -2.16. The van der Waals surface area contributed by atoms with E-state index < -0.39 is 22.7 Å². The summed E-state index contributed by atoms with van der Waals surface area (Å²) in [5.41, 5.74) is 0.651. The zero-order chi connectivity index (χ0) is 18.6. The number of anilines is 1. The predicted molar refractivity (Wildman–Crippen MR) is 94.6 cm³/mol. The van der Waals surface area contributed by atoms with E-state index in [4.69, 9.17) is 23.2 Å². The summed E-state index contributed by atoms with van der Waals surface area (Å²) in [6, 6.07) is 7.70. The molecule has 132 valence electrons. The molecule has 0 aliphatic rings. The first-order valence-electron chi connectivity index (χ1n) is 7.20. The second kappa shape index (κ2) is 8.24. The predicted octanol–water partition coefficient (Wildman–Crippen LogP) is 4.33. The Bertz CT molecular complexity index is 817. The van der Waals surface area contributed by atoms with Crippen LogP contribution in [0.15, 0.2) is 36.4 Å². The third kappa shape index (κ3) is 5.12. The van der Waals surface area contributed by atoms with Crippen molar-refractivity contribution in [2.75, 3.05) is 11.9 Å². The molecule has 0 bridgehead atoms. The molecule has 0 aliphatic carbocycles. The Balaban J connectivity index is 1.97. The lowest BCUT2D eigenvalue weighted by Crippen LogP contribution is -2.30. The molecule has 9 heteroatoms. The van der Waals surface area contributed by atoms with Crippen molar-refractivity contribution in [3.63, 3.8) is 0 Å². The van der Waals surface area contributed by atoms with E-state index in [0.717, 1.165) is 0 Å². The Morgan fingerprint density at radius 1 is 1.28 bits per heavy atom. The molecule has 0 saturated heterocycles. The number of hydrogen-bond donors (Lipinski definition) is 2. The number of non-ortho nitro benzene ring substituents is 1. The highest BCUT2D eigenvalue weighted by molar-refractivity contribution is 6.35. The summed E-state index contributed by atoms with van der Waals surface area (Å²) >= 11 is 11.7. The zero-order valence-electron chi connectivity index (χ0n) is 13.1. The molecule has 2 rings (SSSR count). The topological polar surface area (TPSA) is 84.3 Å². The Morgan fingerprint density at radius 2 is 2.00 bits per heavy atom. The van der Waals surface area contributed by atoms with Gasteiger partial charge in [0.15, 0.2) is 0 Å². The minimum Gasteiger partial charge on any atom is -0.325 e. The SMILES string of the molecule is C[C@H](NCC(=O)Nc1cccc([N+](=O)[O-])c1)c1cc(F)c(Cl)cc1Cl. The van der Waals surface area contributed by atoms with E-state index >= 15 is 0 Å². The molecule has 0 fully saturated rings. The van der Waals surface area contributed by atoms with Crippen LogP contribution in [0.2, 0.25) is 10.0 Å². The van der Waals surface area contributed by atoms with Gasteiger partial charge in [0.25, 0.3) is 5.69 Å². The van der Waals surface area contributed by atoms with Gasteiger partial charge in [0, 0.05) is 28.9 Å². The maximum atomic E-state index is 13.6. The fourth-order valence-corrected chi connectivity index (χ4v) is 2.67. The first-order valence-corrected chi connectivity index (χ1v) is 7.95. The maximum absolute atomic E-state index is 13.6. The molecular weight excluding hydrogens is 372 g/mol. The van der Waals surface area contributed by atoms with Gasteiger partial charge in [-0.3, -0.25) is 14.9 Å². The molecule has 0 unspecified atom stereocenters. The van der Waals surface area contributed by atoms with Crippen molar-refractivity contribution in [2.24, 2.45) is 0 Å². The van der Waals surface area contributed by atoms with E-state index in [-0.39, 0.29) is 22.3 Å². The van der Waals surface area contributed by atoms with Crippen LogP contribution in [0.5, 0.6) is 0 Å². The highest BCUT2D eigenvalue weighted by Crippen LogP contribution is 2.28. The van der Waals surface area contributed by atoms with Crippen LogP contribution in [-0.2, 0) is 4.79 Å². The van der Waals surface area contributed by atoms with Gasteiger partial charge in [0.1, 0.15) is 5.82 Å². The lowest BCUT2D eigenvalue weighted by atomic mass is 10.1. The number of carbonyl (C=O) groups excluding carboxylic acids is 1. The van der Waals surface area contributed by atoms with Crippen molar-refractivity contribution in [3.8, 4) is 0 Å². The highest BCUT2D eigenvalue weighted by Gasteiger charge is 2.15. The summed E-state index contributed by atoms with van der Waals surface area (Å²) in [5, 5.41) is 16.4. The standard InChI is InChI=1S/C16H14Cl2FN3O3/c1-9(12-6-15(19)14(18)7-13(12)17)20-8-16(23)21-10-3-2-4-11(5-10)22(24)25/h2-7,9,20H,8H2,1H3,(H,21,23)/t9-/m0/s1. The second-order valence-corrected chi connectivity index (χ2v) is 6.06. The van der Waals surface area contributed by atoms with Gasteiger partial charge in [-0.1, -0.05) is 29.3 Å². The third-order valence-electron chi connectivity index (χ3n) is 3.42. The van der Waals surface area contributed by atoms with Crippen LogP contribution in [0.1, 0.15) is 18.5 Å². The maximum Gasteiger partial charge on any atom is 0.271 e. The van der Waals surface area contributed by atoms with Crippen LogP contribution in [0.3, 0.4) is 0 Å². The molecule has 0 aliphatic heterocycles. The molecule has 1 atom stereocenters. The number of rotatable bonds is 6. The average molecular weight is 386 g/mol. The molecule has 0 saturated carbocycles. The second-order valence-electron chi connectivity index (χ2n) is 5.25. The van der Waals surface area contributed by atoms with Crippen molar-refractivity contribution >= 4 is 40.5 Å². The molecule has 2 aromatic rings. The van der Waals surface area contributed by atoms with Crippen molar-refractivity contribution in [1.82, 2.24) is 5.32 Å². The molecule has 6 nitrogen and oxygen atoms in total. The summed E-state index contributed by atoms with van der Waals surface area (Å²) in [6.07, 6.45) is 0. The number of benzene rings is 2. The first-order chi connectivity index (χ1) is 11.8. The number of nitro groups is 1. The van der Waals surface area contributed by atoms with Gasteiger partial charge < -0.3 is 10.6 Å². The lowest BCUT2D eigenvalue weighted by molar-refractivity contribution is -0.384. The fraction of sp³-hybridized carbons (Fsp3) is 0.188. The van der Waals surface area contributed by atoms with E-state index in [1.807, 2.05) is 0 Å². The molecule has 0 radical (unpaired) electrons. The van der Waals surface area contributed by atoms with Crippen LogP contribution in [0.25, 0.3) is 0 Å². The van der Waals surface area contributed by atoms with Crippen molar-refractivity contribution < 1.29 is 14.1 Å². The smallest absolute Gasteiger partial charge is 0.271 e. The van der Waals surface area contributed by atoms with Gasteiger partial charge in [0.05, 0.1) is 16.5 Å². The van der Waals surface area contributed by atoms with E-state index in [2.05, 4.69) is 10.6 Å². The van der Waals surface area contributed by atoms with Crippen molar-refractivity contribution in [3.05, 3.63) is 67.9 Å². The van der Waals surface area contributed by atoms with Crippen LogP contribution in [-0.4, -0.2) is 17.4 Å². The summed E-state index contributed by atoms with van der Waals surface area (Å²) < 4.78 is 13.6. The summed E-state index contributed by atoms with van der Waals surface area (Å²) in [6.45, 7) is 1.62.